The Morgan fingerprint density at radius 1 is 1.15 bits per heavy atom. The van der Waals surface area contributed by atoms with Gasteiger partial charge in [0.15, 0.2) is 15.7 Å². The molecular formula is C20H25N3O3S. The highest BCUT2D eigenvalue weighted by Crippen LogP contribution is 2.40. The number of hydrogen-bond acceptors (Lipinski definition) is 6. The Labute approximate surface area is 160 Å². The van der Waals surface area contributed by atoms with Gasteiger partial charge < -0.3 is 9.64 Å². The summed E-state index contributed by atoms with van der Waals surface area (Å²) in [5.41, 5.74) is 1.95. The van der Waals surface area contributed by atoms with Crippen LogP contribution >= 0.6 is 0 Å². The molecule has 4 atom stereocenters. The molecule has 0 saturated carbocycles. The molecule has 6 nitrogen and oxygen atoms in total. The fourth-order valence-corrected chi connectivity index (χ4v) is 6.98. The number of aromatic nitrogens is 2. The first-order valence-electron chi connectivity index (χ1n) is 9.31. The summed E-state index contributed by atoms with van der Waals surface area (Å²) in [5.74, 6) is 1.45. The van der Waals surface area contributed by atoms with Crippen molar-refractivity contribution in [3.63, 3.8) is 0 Å². The van der Waals surface area contributed by atoms with Crippen molar-refractivity contribution in [3.05, 3.63) is 42.2 Å². The molecule has 4 unspecified atom stereocenters. The highest BCUT2D eigenvalue weighted by molar-refractivity contribution is 7.93. The van der Waals surface area contributed by atoms with E-state index in [1.807, 2.05) is 45.2 Å². The van der Waals surface area contributed by atoms with Crippen molar-refractivity contribution in [1.29, 1.82) is 0 Å². The smallest absolute Gasteiger partial charge is 0.159 e. The molecule has 1 aromatic heterocycles. The van der Waals surface area contributed by atoms with Crippen LogP contribution in [-0.4, -0.2) is 60.0 Å². The zero-order valence-corrected chi connectivity index (χ0v) is 16.7. The SMILES string of the molecule is Cc1cnc(-c2ccc(OC(C)C3CC4CN(C)CC3S4(=O)=O)cc2)nc1. The molecule has 1 aromatic carbocycles. The molecule has 2 fully saturated rings. The van der Waals surface area contributed by atoms with Crippen LogP contribution in [0.3, 0.4) is 0 Å². The van der Waals surface area contributed by atoms with Crippen molar-refractivity contribution in [1.82, 2.24) is 14.9 Å². The number of ether oxygens (including phenoxy) is 1. The Balaban J connectivity index is 1.47. The first kappa shape index (κ1) is 18.4. The van der Waals surface area contributed by atoms with Crippen LogP contribution in [0.1, 0.15) is 18.9 Å². The summed E-state index contributed by atoms with van der Waals surface area (Å²) in [6.45, 7) is 5.17. The van der Waals surface area contributed by atoms with Gasteiger partial charge in [0.2, 0.25) is 0 Å². The first-order chi connectivity index (χ1) is 12.8. The zero-order chi connectivity index (χ0) is 19.2. The normalized spacial score (nSPS) is 28.0. The van der Waals surface area contributed by atoms with Gasteiger partial charge in [0, 0.05) is 37.0 Å². The molecule has 0 N–H and O–H groups in total. The van der Waals surface area contributed by atoms with Gasteiger partial charge in [-0.1, -0.05) is 0 Å². The molecule has 3 heterocycles. The number of aryl methyl sites for hydroxylation is 1. The number of fused-ring (bicyclic) bond motifs is 2. The number of sulfone groups is 1. The molecule has 0 spiro atoms. The minimum Gasteiger partial charge on any atom is -0.490 e. The maximum atomic E-state index is 12.6. The Kier molecular flexibility index (Phi) is 4.68. The molecule has 2 aliphatic heterocycles. The fraction of sp³-hybridized carbons (Fsp3) is 0.500. The van der Waals surface area contributed by atoms with Crippen LogP contribution < -0.4 is 4.74 Å². The summed E-state index contributed by atoms with van der Waals surface area (Å²) < 4.78 is 31.4. The fourth-order valence-electron chi connectivity index (χ4n) is 4.25. The van der Waals surface area contributed by atoms with E-state index in [1.54, 1.807) is 12.4 Å². The molecule has 0 amide bonds. The van der Waals surface area contributed by atoms with Crippen molar-refractivity contribution >= 4 is 9.84 Å². The average Bonchev–Trinajstić information content (AvgIpc) is 2.78. The monoisotopic (exact) mass is 387 g/mol. The molecule has 4 rings (SSSR count). The van der Waals surface area contributed by atoms with Crippen molar-refractivity contribution in [2.75, 3.05) is 20.1 Å². The molecular weight excluding hydrogens is 362 g/mol. The van der Waals surface area contributed by atoms with E-state index in [1.165, 1.54) is 0 Å². The van der Waals surface area contributed by atoms with Gasteiger partial charge in [0.05, 0.1) is 10.5 Å². The lowest BCUT2D eigenvalue weighted by Crippen LogP contribution is -2.47. The van der Waals surface area contributed by atoms with Gasteiger partial charge in [-0.05, 0) is 57.1 Å². The third-order valence-electron chi connectivity index (χ3n) is 5.72. The second-order valence-electron chi connectivity index (χ2n) is 7.80. The second-order valence-corrected chi connectivity index (χ2v) is 10.3. The number of rotatable bonds is 4. The molecule has 2 aromatic rings. The maximum absolute atomic E-state index is 12.6. The second kappa shape index (κ2) is 6.87. The number of hydrogen-bond donors (Lipinski definition) is 0. The molecule has 7 heteroatoms. The Bertz CT molecular complexity index is 912. The van der Waals surface area contributed by atoms with Crippen LogP contribution in [-0.2, 0) is 9.84 Å². The predicted octanol–water partition coefficient (Wildman–Crippen LogP) is 2.34. The minimum absolute atomic E-state index is 0.0325. The summed E-state index contributed by atoms with van der Waals surface area (Å²) in [6, 6.07) is 7.67. The lowest BCUT2D eigenvalue weighted by molar-refractivity contribution is 0.147. The van der Waals surface area contributed by atoms with E-state index in [-0.39, 0.29) is 22.5 Å². The molecule has 27 heavy (non-hydrogen) atoms. The van der Waals surface area contributed by atoms with Crippen LogP contribution in [0.2, 0.25) is 0 Å². The molecule has 2 aliphatic rings. The largest absolute Gasteiger partial charge is 0.490 e. The van der Waals surface area contributed by atoms with Crippen LogP contribution in [0, 0.1) is 12.8 Å². The van der Waals surface area contributed by atoms with E-state index in [4.69, 9.17) is 4.74 Å². The highest BCUT2D eigenvalue weighted by Gasteiger charge is 2.53. The predicted molar refractivity (Wildman–Crippen MR) is 104 cm³/mol. The molecule has 0 aliphatic carbocycles. The number of likely N-dealkylation sites (tertiary alicyclic amines) is 1. The van der Waals surface area contributed by atoms with E-state index >= 15 is 0 Å². The number of nitrogens with zero attached hydrogens (tertiary/aromatic N) is 3. The molecule has 2 saturated heterocycles. The number of benzene rings is 1. The van der Waals surface area contributed by atoms with Gasteiger partial charge in [-0.25, -0.2) is 18.4 Å². The minimum atomic E-state index is -3.03. The Morgan fingerprint density at radius 3 is 2.48 bits per heavy atom. The van der Waals surface area contributed by atoms with E-state index in [0.29, 0.717) is 25.3 Å². The molecule has 144 valence electrons. The quantitative estimate of drug-likeness (QED) is 0.802. The van der Waals surface area contributed by atoms with E-state index in [0.717, 1.165) is 16.9 Å². The van der Waals surface area contributed by atoms with Gasteiger partial charge in [-0.15, -0.1) is 0 Å². The van der Waals surface area contributed by atoms with Gasteiger partial charge in [-0.3, -0.25) is 0 Å². The van der Waals surface area contributed by atoms with E-state index < -0.39 is 9.84 Å². The lowest BCUT2D eigenvalue weighted by Gasteiger charge is -2.30. The average molecular weight is 388 g/mol. The molecule has 0 radical (unpaired) electrons. The van der Waals surface area contributed by atoms with Crippen LogP contribution in [0.15, 0.2) is 36.7 Å². The van der Waals surface area contributed by atoms with Crippen LogP contribution in [0.4, 0.5) is 0 Å². The lowest BCUT2D eigenvalue weighted by atomic mass is 9.95. The zero-order valence-electron chi connectivity index (χ0n) is 15.9. The van der Waals surface area contributed by atoms with Gasteiger partial charge in [0.1, 0.15) is 11.9 Å². The van der Waals surface area contributed by atoms with E-state index in [9.17, 15) is 8.42 Å². The maximum Gasteiger partial charge on any atom is 0.159 e. The van der Waals surface area contributed by atoms with Crippen molar-refractivity contribution in [2.45, 2.75) is 36.9 Å². The summed E-state index contributed by atoms with van der Waals surface area (Å²) in [4.78, 5) is 10.8. The standard InChI is InChI=1S/C20H25N3O3S/c1-13-9-21-20(22-10-13)15-4-6-16(7-5-15)26-14(2)18-8-17-11-23(3)12-19(18)27(17,24)25/h4-7,9-10,14,17-19H,8,11-12H2,1-3H3. The van der Waals surface area contributed by atoms with Gasteiger partial charge in [0.25, 0.3) is 0 Å². The van der Waals surface area contributed by atoms with Crippen LogP contribution in [0.25, 0.3) is 11.4 Å². The summed E-state index contributed by atoms with van der Waals surface area (Å²) in [6.07, 6.45) is 4.13. The van der Waals surface area contributed by atoms with Gasteiger partial charge in [-0.2, -0.15) is 0 Å². The Morgan fingerprint density at radius 2 is 1.81 bits per heavy atom. The third kappa shape index (κ3) is 3.46. The summed E-state index contributed by atoms with van der Waals surface area (Å²) in [7, 11) is -1.04. The van der Waals surface area contributed by atoms with Crippen LogP contribution in [0.5, 0.6) is 5.75 Å². The summed E-state index contributed by atoms with van der Waals surface area (Å²) >= 11 is 0. The highest BCUT2D eigenvalue weighted by atomic mass is 32.2. The van der Waals surface area contributed by atoms with Gasteiger partial charge >= 0.3 is 0 Å². The topological polar surface area (TPSA) is 72.4 Å². The van der Waals surface area contributed by atoms with E-state index in [2.05, 4.69) is 14.9 Å². The van der Waals surface area contributed by atoms with Crippen molar-refractivity contribution in [3.8, 4) is 17.1 Å². The summed E-state index contributed by atoms with van der Waals surface area (Å²) in [5, 5.41) is -0.574. The third-order valence-corrected chi connectivity index (χ3v) is 8.34. The van der Waals surface area contributed by atoms with Crippen molar-refractivity contribution in [2.24, 2.45) is 5.92 Å². The van der Waals surface area contributed by atoms with Crippen molar-refractivity contribution < 1.29 is 13.2 Å². The first-order valence-corrected chi connectivity index (χ1v) is 10.9. The Hall–Kier alpha value is -1.99. The molecule has 2 bridgehead atoms.